The Morgan fingerprint density at radius 2 is 1.84 bits per heavy atom. The van der Waals surface area contributed by atoms with Crippen molar-refractivity contribution in [2.75, 3.05) is 13.1 Å². The van der Waals surface area contributed by atoms with E-state index in [1.165, 1.54) is 0 Å². The maximum Gasteiger partial charge on any atom is 0.342 e. The van der Waals surface area contributed by atoms with Gasteiger partial charge < -0.3 is 9.64 Å². The number of rotatable bonds is 5. The molecule has 7 heteroatoms. The zero-order valence-corrected chi connectivity index (χ0v) is 17.8. The molecule has 1 saturated heterocycles. The van der Waals surface area contributed by atoms with Gasteiger partial charge in [-0.2, -0.15) is 5.10 Å². The van der Waals surface area contributed by atoms with E-state index in [2.05, 4.69) is 17.0 Å². The van der Waals surface area contributed by atoms with E-state index >= 15 is 0 Å². The van der Waals surface area contributed by atoms with Gasteiger partial charge >= 0.3 is 5.97 Å². The molecule has 1 aliphatic rings. The van der Waals surface area contributed by atoms with Crippen LogP contribution in [0.2, 0.25) is 0 Å². The molecule has 0 radical (unpaired) electrons. The maximum atomic E-state index is 13.1. The topological polar surface area (TPSA) is 77.3 Å². The lowest BCUT2D eigenvalue weighted by Crippen LogP contribution is -2.44. The van der Waals surface area contributed by atoms with Crippen LogP contribution in [0.15, 0.2) is 61.1 Å². The first kappa shape index (κ1) is 20.8. The minimum atomic E-state index is -0.859. The number of benzene rings is 1. The fraction of sp³-hybridized carbons (Fsp3) is 0.333. The van der Waals surface area contributed by atoms with Crippen molar-refractivity contribution in [2.45, 2.75) is 32.8 Å². The Kier molecular flexibility index (Phi) is 6.11. The molecular formula is C24H26N4O3. The quantitative estimate of drug-likeness (QED) is 0.590. The second-order valence-electron chi connectivity index (χ2n) is 7.97. The van der Waals surface area contributed by atoms with Crippen LogP contribution in [0.4, 0.5) is 0 Å². The number of para-hydroxylation sites is 1. The van der Waals surface area contributed by atoms with Crippen LogP contribution in [0, 0.1) is 5.92 Å². The summed E-state index contributed by atoms with van der Waals surface area (Å²) in [5.41, 5.74) is 2.28. The summed E-state index contributed by atoms with van der Waals surface area (Å²) in [4.78, 5) is 31.8. The summed E-state index contributed by atoms with van der Waals surface area (Å²) in [5, 5.41) is 4.60. The van der Waals surface area contributed by atoms with E-state index < -0.39 is 12.1 Å². The van der Waals surface area contributed by atoms with E-state index in [9.17, 15) is 9.59 Å². The molecule has 4 rings (SSSR count). The van der Waals surface area contributed by atoms with Gasteiger partial charge in [0.05, 0.1) is 5.69 Å². The first-order valence-corrected chi connectivity index (χ1v) is 10.6. The minimum Gasteiger partial charge on any atom is -0.449 e. The van der Waals surface area contributed by atoms with E-state index in [0.717, 1.165) is 18.5 Å². The zero-order chi connectivity index (χ0) is 21.8. The van der Waals surface area contributed by atoms with Gasteiger partial charge in [0, 0.05) is 37.2 Å². The van der Waals surface area contributed by atoms with Crippen LogP contribution < -0.4 is 0 Å². The fourth-order valence-electron chi connectivity index (χ4n) is 3.71. The lowest BCUT2D eigenvalue weighted by molar-refractivity contribution is -0.141. The number of hydrogen-bond donors (Lipinski definition) is 0. The molecule has 1 aliphatic heterocycles. The predicted octanol–water partition coefficient (Wildman–Crippen LogP) is 3.74. The van der Waals surface area contributed by atoms with Crippen LogP contribution >= 0.6 is 0 Å². The zero-order valence-electron chi connectivity index (χ0n) is 17.8. The van der Waals surface area contributed by atoms with Crippen molar-refractivity contribution in [2.24, 2.45) is 5.92 Å². The van der Waals surface area contributed by atoms with Crippen molar-refractivity contribution < 1.29 is 14.3 Å². The Morgan fingerprint density at radius 3 is 2.52 bits per heavy atom. The third-order valence-corrected chi connectivity index (χ3v) is 5.62. The van der Waals surface area contributed by atoms with Crippen LogP contribution in [0.1, 0.15) is 37.0 Å². The number of aromatic nitrogens is 3. The minimum absolute atomic E-state index is 0.154. The summed E-state index contributed by atoms with van der Waals surface area (Å²) >= 11 is 0. The van der Waals surface area contributed by atoms with Crippen molar-refractivity contribution in [1.29, 1.82) is 0 Å². The SMILES string of the molecule is CC1CCN(C(=O)C(C)OC(=O)c2cn(-c3ccccc3)nc2-c2cccnc2)CC1. The average molecular weight is 418 g/mol. The summed E-state index contributed by atoms with van der Waals surface area (Å²) in [7, 11) is 0. The number of likely N-dealkylation sites (tertiary alicyclic amines) is 1. The number of ether oxygens (including phenoxy) is 1. The van der Waals surface area contributed by atoms with Crippen molar-refractivity contribution >= 4 is 11.9 Å². The summed E-state index contributed by atoms with van der Waals surface area (Å²) in [6.07, 6.45) is 6.04. The Morgan fingerprint density at radius 1 is 1.10 bits per heavy atom. The van der Waals surface area contributed by atoms with E-state index in [0.29, 0.717) is 35.8 Å². The van der Waals surface area contributed by atoms with E-state index in [1.54, 1.807) is 41.2 Å². The number of carbonyl (C=O) groups excluding carboxylic acids is 2. The average Bonchev–Trinajstić information content (AvgIpc) is 3.26. The van der Waals surface area contributed by atoms with Gasteiger partial charge in [0.25, 0.3) is 5.91 Å². The lowest BCUT2D eigenvalue weighted by Gasteiger charge is -2.31. The standard InChI is InChI=1S/C24H26N4O3/c1-17-10-13-27(14-11-17)23(29)18(2)31-24(30)21-16-28(20-8-4-3-5-9-20)26-22(21)19-7-6-12-25-15-19/h3-9,12,15-18H,10-11,13-14H2,1-2H3. The van der Waals surface area contributed by atoms with E-state index in [4.69, 9.17) is 4.74 Å². The van der Waals surface area contributed by atoms with Crippen molar-refractivity contribution in [1.82, 2.24) is 19.7 Å². The Bertz CT molecular complexity index is 1040. The smallest absolute Gasteiger partial charge is 0.342 e. The highest BCUT2D eigenvalue weighted by molar-refractivity contribution is 5.97. The predicted molar refractivity (Wildman–Crippen MR) is 117 cm³/mol. The number of carbonyl (C=O) groups is 2. The molecule has 160 valence electrons. The van der Waals surface area contributed by atoms with Crippen molar-refractivity contribution in [3.63, 3.8) is 0 Å². The second-order valence-corrected chi connectivity index (χ2v) is 7.97. The molecule has 3 heterocycles. The van der Waals surface area contributed by atoms with Crippen LogP contribution in [0.25, 0.3) is 16.9 Å². The molecule has 0 saturated carbocycles. The molecule has 3 aromatic rings. The normalized spacial score (nSPS) is 15.5. The van der Waals surface area contributed by atoms with E-state index in [-0.39, 0.29) is 5.91 Å². The third kappa shape index (κ3) is 4.66. The van der Waals surface area contributed by atoms with Gasteiger partial charge in [0.2, 0.25) is 0 Å². The number of piperidine rings is 1. The summed E-state index contributed by atoms with van der Waals surface area (Å²) in [6, 6.07) is 13.1. The Hall–Kier alpha value is -3.48. The molecule has 1 amide bonds. The van der Waals surface area contributed by atoms with Crippen LogP contribution in [0.5, 0.6) is 0 Å². The second kappa shape index (κ2) is 9.12. The number of nitrogens with zero attached hydrogens (tertiary/aromatic N) is 4. The molecular weight excluding hydrogens is 392 g/mol. The summed E-state index contributed by atoms with van der Waals surface area (Å²) in [6.45, 7) is 5.22. The Labute approximate surface area is 181 Å². The van der Waals surface area contributed by atoms with E-state index in [1.807, 2.05) is 36.4 Å². The van der Waals surface area contributed by atoms with Gasteiger partial charge in [-0.05, 0) is 49.9 Å². The summed E-state index contributed by atoms with van der Waals surface area (Å²) in [5.74, 6) is -0.112. The Balaban J connectivity index is 1.58. The van der Waals surface area contributed by atoms with Gasteiger partial charge in [-0.25, -0.2) is 9.48 Å². The largest absolute Gasteiger partial charge is 0.449 e. The molecule has 31 heavy (non-hydrogen) atoms. The maximum absolute atomic E-state index is 13.1. The highest BCUT2D eigenvalue weighted by Crippen LogP contribution is 2.25. The molecule has 0 aliphatic carbocycles. The number of amides is 1. The highest BCUT2D eigenvalue weighted by Gasteiger charge is 2.29. The molecule has 1 atom stereocenters. The summed E-state index contributed by atoms with van der Waals surface area (Å²) < 4.78 is 7.22. The molecule has 1 fully saturated rings. The highest BCUT2D eigenvalue weighted by atomic mass is 16.5. The number of pyridine rings is 1. The molecule has 0 bridgehead atoms. The van der Waals surface area contributed by atoms with Gasteiger partial charge in [-0.15, -0.1) is 0 Å². The number of hydrogen-bond acceptors (Lipinski definition) is 5. The molecule has 1 unspecified atom stereocenters. The molecule has 0 spiro atoms. The van der Waals surface area contributed by atoms with Crippen molar-refractivity contribution in [3.05, 3.63) is 66.6 Å². The fourth-order valence-corrected chi connectivity index (χ4v) is 3.71. The van der Waals surface area contributed by atoms with Gasteiger partial charge in [-0.1, -0.05) is 25.1 Å². The molecule has 7 nitrogen and oxygen atoms in total. The monoisotopic (exact) mass is 418 g/mol. The van der Waals surface area contributed by atoms with Gasteiger partial charge in [0.1, 0.15) is 11.3 Å². The third-order valence-electron chi connectivity index (χ3n) is 5.62. The van der Waals surface area contributed by atoms with Crippen molar-refractivity contribution in [3.8, 4) is 16.9 Å². The lowest BCUT2D eigenvalue weighted by atomic mass is 9.99. The molecule has 0 N–H and O–H groups in total. The molecule has 1 aromatic carbocycles. The first-order chi connectivity index (χ1) is 15.0. The first-order valence-electron chi connectivity index (χ1n) is 10.6. The van der Waals surface area contributed by atoms with Crippen LogP contribution in [0.3, 0.4) is 0 Å². The van der Waals surface area contributed by atoms with Gasteiger partial charge in [-0.3, -0.25) is 9.78 Å². The van der Waals surface area contributed by atoms with Crippen LogP contribution in [-0.4, -0.2) is 50.7 Å². The molecule has 2 aromatic heterocycles. The van der Waals surface area contributed by atoms with Crippen LogP contribution in [-0.2, 0) is 9.53 Å². The van der Waals surface area contributed by atoms with Gasteiger partial charge in [0.15, 0.2) is 6.10 Å². The number of esters is 1.